The minimum absolute atomic E-state index is 0.270. The molecule has 21 heavy (non-hydrogen) atoms. The highest BCUT2D eigenvalue weighted by Gasteiger charge is 2.23. The first-order valence-corrected chi connectivity index (χ1v) is 7.78. The molecule has 2 unspecified atom stereocenters. The van der Waals surface area contributed by atoms with Crippen LogP contribution in [-0.4, -0.2) is 30.4 Å². The van der Waals surface area contributed by atoms with Crippen molar-refractivity contribution < 1.29 is 19.4 Å². The Morgan fingerprint density at radius 2 is 1.90 bits per heavy atom. The fraction of sp³-hybridized carbons (Fsp3) is 0.588. The highest BCUT2D eigenvalue weighted by molar-refractivity contribution is 5.87. The topological polar surface area (TPSA) is 55.8 Å². The van der Waals surface area contributed by atoms with Crippen LogP contribution < -0.4 is 4.74 Å². The number of rotatable bonds is 7. The third kappa shape index (κ3) is 4.74. The van der Waals surface area contributed by atoms with Crippen molar-refractivity contribution in [1.29, 1.82) is 0 Å². The summed E-state index contributed by atoms with van der Waals surface area (Å²) in [6.45, 7) is 3.31. The summed E-state index contributed by atoms with van der Waals surface area (Å²) in [4.78, 5) is 10.7. The quantitative estimate of drug-likeness (QED) is 0.778. The van der Waals surface area contributed by atoms with Crippen LogP contribution in [0.3, 0.4) is 0 Å². The molecule has 0 aromatic heterocycles. The van der Waals surface area contributed by atoms with Crippen LogP contribution in [0.15, 0.2) is 24.3 Å². The van der Waals surface area contributed by atoms with Crippen LogP contribution >= 0.6 is 0 Å². The third-order valence-corrected chi connectivity index (χ3v) is 4.15. The second kappa shape index (κ2) is 8.03. The van der Waals surface area contributed by atoms with Crippen LogP contribution in [0.25, 0.3) is 0 Å². The fourth-order valence-electron chi connectivity index (χ4n) is 2.91. The minimum atomic E-state index is -0.923. The van der Waals surface area contributed by atoms with E-state index in [0.29, 0.717) is 31.0 Å². The zero-order valence-electron chi connectivity index (χ0n) is 12.6. The number of benzene rings is 1. The predicted octanol–water partition coefficient (Wildman–Crippen LogP) is 3.75. The van der Waals surface area contributed by atoms with Crippen molar-refractivity contribution in [3.8, 4) is 5.75 Å². The van der Waals surface area contributed by atoms with Gasteiger partial charge in [-0.1, -0.05) is 26.2 Å². The first-order valence-electron chi connectivity index (χ1n) is 7.78. The van der Waals surface area contributed by atoms with E-state index >= 15 is 0 Å². The molecule has 1 aromatic rings. The summed E-state index contributed by atoms with van der Waals surface area (Å²) in [6, 6.07) is 6.46. The number of ether oxygens (including phenoxy) is 2. The summed E-state index contributed by atoms with van der Waals surface area (Å²) in [6.07, 6.45) is 6.58. The van der Waals surface area contributed by atoms with E-state index in [1.165, 1.54) is 25.7 Å². The van der Waals surface area contributed by atoms with Gasteiger partial charge >= 0.3 is 5.97 Å². The van der Waals surface area contributed by atoms with Gasteiger partial charge in [0.05, 0.1) is 18.3 Å². The molecule has 0 aliphatic heterocycles. The van der Waals surface area contributed by atoms with Gasteiger partial charge in [0, 0.05) is 0 Å². The van der Waals surface area contributed by atoms with E-state index in [0.717, 1.165) is 6.42 Å². The molecule has 1 N–H and O–H groups in total. The Morgan fingerprint density at radius 1 is 1.19 bits per heavy atom. The van der Waals surface area contributed by atoms with Crippen molar-refractivity contribution in [2.45, 2.75) is 45.1 Å². The Balaban J connectivity index is 1.70. The zero-order chi connectivity index (χ0) is 15.1. The summed E-state index contributed by atoms with van der Waals surface area (Å²) >= 11 is 0. The Labute approximate surface area is 126 Å². The molecule has 0 heterocycles. The van der Waals surface area contributed by atoms with E-state index in [2.05, 4.69) is 6.92 Å². The molecule has 1 fully saturated rings. The lowest BCUT2D eigenvalue weighted by Crippen LogP contribution is -2.28. The first kappa shape index (κ1) is 15.8. The molecule has 1 aromatic carbocycles. The normalized spacial score (nSPS) is 22.0. The minimum Gasteiger partial charge on any atom is -0.491 e. The van der Waals surface area contributed by atoms with E-state index in [1.54, 1.807) is 24.3 Å². The first-order chi connectivity index (χ1) is 10.2. The molecule has 0 spiro atoms. The molecule has 2 atom stereocenters. The fourth-order valence-corrected chi connectivity index (χ4v) is 2.91. The van der Waals surface area contributed by atoms with Crippen LogP contribution in [0, 0.1) is 5.92 Å². The van der Waals surface area contributed by atoms with Gasteiger partial charge in [-0.3, -0.25) is 0 Å². The maximum atomic E-state index is 10.7. The Hall–Kier alpha value is -1.55. The lowest BCUT2D eigenvalue weighted by Gasteiger charge is -2.30. The average molecular weight is 292 g/mol. The van der Waals surface area contributed by atoms with Crippen LogP contribution in [0.5, 0.6) is 5.75 Å². The second-order valence-electron chi connectivity index (χ2n) is 5.54. The molecule has 0 bridgehead atoms. The molecule has 116 valence electrons. The number of carboxylic acids is 1. The van der Waals surface area contributed by atoms with Gasteiger partial charge in [-0.05, 0) is 43.0 Å². The van der Waals surface area contributed by atoms with Crippen molar-refractivity contribution in [2.75, 3.05) is 13.2 Å². The molecule has 4 nitrogen and oxygen atoms in total. The summed E-state index contributed by atoms with van der Waals surface area (Å²) in [5.41, 5.74) is 0.270. The van der Waals surface area contributed by atoms with Crippen molar-refractivity contribution in [1.82, 2.24) is 0 Å². The van der Waals surface area contributed by atoms with E-state index in [9.17, 15) is 4.79 Å². The van der Waals surface area contributed by atoms with Gasteiger partial charge in [0.25, 0.3) is 0 Å². The molecule has 1 aliphatic carbocycles. The van der Waals surface area contributed by atoms with Crippen molar-refractivity contribution in [2.24, 2.45) is 5.92 Å². The second-order valence-corrected chi connectivity index (χ2v) is 5.54. The van der Waals surface area contributed by atoms with E-state index in [-0.39, 0.29) is 5.56 Å². The monoisotopic (exact) mass is 292 g/mol. The zero-order valence-corrected chi connectivity index (χ0v) is 12.6. The summed E-state index contributed by atoms with van der Waals surface area (Å²) in [5.74, 6) is 0.445. The van der Waals surface area contributed by atoms with Crippen molar-refractivity contribution >= 4 is 5.97 Å². The number of aromatic carboxylic acids is 1. The smallest absolute Gasteiger partial charge is 0.335 e. The highest BCUT2D eigenvalue weighted by Crippen LogP contribution is 2.29. The highest BCUT2D eigenvalue weighted by atomic mass is 16.5. The Bertz CT molecular complexity index is 441. The Kier molecular flexibility index (Phi) is 6.05. The van der Waals surface area contributed by atoms with E-state index in [1.807, 2.05) is 0 Å². The van der Waals surface area contributed by atoms with Crippen LogP contribution in [0.1, 0.15) is 49.4 Å². The average Bonchev–Trinajstić information content (AvgIpc) is 2.52. The largest absolute Gasteiger partial charge is 0.491 e. The van der Waals surface area contributed by atoms with Gasteiger partial charge in [0.1, 0.15) is 12.4 Å². The molecule has 1 aliphatic rings. The van der Waals surface area contributed by atoms with Crippen LogP contribution in [0.2, 0.25) is 0 Å². The molecule has 0 amide bonds. The van der Waals surface area contributed by atoms with Crippen molar-refractivity contribution in [3.63, 3.8) is 0 Å². The molecule has 0 radical (unpaired) electrons. The number of carboxylic acid groups (broad SMARTS) is 1. The maximum absolute atomic E-state index is 10.7. The lowest BCUT2D eigenvalue weighted by molar-refractivity contribution is -0.0228. The van der Waals surface area contributed by atoms with E-state index < -0.39 is 5.97 Å². The Morgan fingerprint density at radius 3 is 2.57 bits per heavy atom. The molecule has 1 saturated carbocycles. The van der Waals surface area contributed by atoms with Gasteiger partial charge in [0.2, 0.25) is 0 Å². The third-order valence-electron chi connectivity index (χ3n) is 4.15. The summed E-state index contributed by atoms with van der Waals surface area (Å²) in [5, 5.41) is 8.82. The van der Waals surface area contributed by atoms with Gasteiger partial charge < -0.3 is 14.6 Å². The number of hydrogen-bond donors (Lipinski definition) is 1. The lowest BCUT2D eigenvalue weighted by atomic mass is 9.85. The van der Waals surface area contributed by atoms with Gasteiger partial charge in [-0.15, -0.1) is 0 Å². The molecular formula is C17H24O4. The molecule has 2 rings (SSSR count). The molecule has 4 heteroatoms. The number of carbonyl (C=O) groups is 1. The van der Waals surface area contributed by atoms with E-state index in [4.69, 9.17) is 14.6 Å². The standard InChI is InChI=1S/C17H24O4/c1-2-13-5-3-4-6-16(13)21-12-11-20-15-9-7-14(8-10-15)17(18)19/h7-10,13,16H,2-6,11-12H2,1H3,(H,18,19). The maximum Gasteiger partial charge on any atom is 0.335 e. The molecule has 0 saturated heterocycles. The van der Waals surface area contributed by atoms with Gasteiger partial charge in [-0.2, -0.15) is 0 Å². The van der Waals surface area contributed by atoms with Gasteiger partial charge in [-0.25, -0.2) is 4.79 Å². The van der Waals surface area contributed by atoms with Crippen molar-refractivity contribution in [3.05, 3.63) is 29.8 Å². The number of hydrogen-bond acceptors (Lipinski definition) is 3. The van der Waals surface area contributed by atoms with Crippen LogP contribution in [0.4, 0.5) is 0 Å². The molecular weight excluding hydrogens is 268 g/mol. The summed E-state index contributed by atoms with van der Waals surface area (Å²) < 4.78 is 11.5. The van der Waals surface area contributed by atoms with Gasteiger partial charge in [0.15, 0.2) is 0 Å². The summed E-state index contributed by atoms with van der Waals surface area (Å²) in [7, 11) is 0. The van der Waals surface area contributed by atoms with Crippen LogP contribution in [-0.2, 0) is 4.74 Å². The predicted molar refractivity (Wildman–Crippen MR) is 80.9 cm³/mol. The SMILES string of the molecule is CCC1CCCCC1OCCOc1ccc(C(=O)O)cc1.